The quantitative estimate of drug-likeness (QED) is 0.284. The third-order valence-electron chi connectivity index (χ3n) is 5.85. The highest BCUT2D eigenvalue weighted by atomic mass is 32.1. The number of rotatable bonds is 12. The van der Waals surface area contributed by atoms with Crippen LogP contribution in [0.4, 0.5) is 0 Å². The Morgan fingerprint density at radius 1 is 1.15 bits per heavy atom. The summed E-state index contributed by atoms with van der Waals surface area (Å²) in [5, 5.41) is 7.00. The molecular formula is C27H32N4O2S. The van der Waals surface area contributed by atoms with Gasteiger partial charge in [0.1, 0.15) is 10.7 Å². The van der Waals surface area contributed by atoms with E-state index < -0.39 is 0 Å². The summed E-state index contributed by atoms with van der Waals surface area (Å²) in [5.41, 5.74) is 5.51. The van der Waals surface area contributed by atoms with E-state index in [0.29, 0.717) is 25.4 Å². The number of nitrogens with zero attached hydrogens (tertiary/aromatic N) is 2. The second-order valence-electron chi connectivity index (χ2n) is 8.53. The molecule has 2 aromatic carbocycles. The Labute approximate surface area is 205 Å². The predicted molar refractivity (Wildman–Crippen MR) is 138 cm³/mol. The summed E-state index contributed by atoms with van der Waals surface area (Å²) in [6.07, 6.45) is 3.84. The summed E-state index contributed by atoms with van der Waals surface area (Å²) in [6.45, 7) is 5.76. The van der Waals surface area contributed by atoms with Crippen molar-refractivity contribution in [2.45, 2.75) is 32.9 Å². The third kappa shape index (κ3) is 6.53. The molecule has 6 nitrogen and oxygen atoms in total. The van der Waals surface area contributed by atoms with Crippen molar-refractivity contribution in [3.8, 4) is 0 Å². The number of aryl methyl sites for hydroxylation is 1. The number of aromatic nitrogens is 2. The zero-order valence-electron chi connectivity index (χ0n) is 19.8. The lowest BCUT2D eigenvalue weighted by Crippen LogP contribution is -2.26. The highest BCUT2D eigenvalue weighted by Gasteiger charge is 2.15. The summed E-state index contributed by atoms with van der Waals surface area (Å²) in [4.78, 5) is 22.8. The largest absolute Gasteiger partial charge is 0.385 e. The Hall–Kier alpha value is -3.00. The molecule has 0 aliphatic rings. The van der Waals surface area contributed by atoms with Crippen LogP contribution in [-0.4, -0.2) is 47.6 Å². The van der Waals surface area contributed by atoms with Gasteiger partial charge in [0.25, 0.3) is 5.91 Å². The van der Waals surface area contributed by atoms with Gasteiger partial charge in [-0.2, -0.15) is 0 Å². The van der Waals surface area contributed by atoms with Gasteiger partial charge >= 0.3 is 0 Å². The van der Waals surface area contributed by atoms with Gasteiger partial charge in [-0.3, -0.25) is 9.69 Å². The molecule has 34 heavy (non-hydrogen) atoms. The van der Waals surface area contributed by atoms with Crippen LogP contribution in [0.15, 0.2) is 60.1 Å². The number of amides is 1. The van der Waals surface area contributed by atoms with Gasteiger partial charge < -0.3 is 15.0 Å². The average molecular weight is 477 g/mol. The highest BCUT2D eigenvalue weighted by molar-refractivity contribution is 7.09. The predicted octanol–water partition coefficient (Wildman–Crippen LogP) is 4.94. The van der Waals surface area contributed by atoms with E-state index in [4.69, 9.17) is 4.74 Å². The number of thiazole rings is 1. The molecule has 4 aromatic rings. The van der Waals surface area contributed by atoms with Crippen LogP contribution in [0.5, 0.6) is 0 Å². The molecule has 0 aliphatic heterocycles. The van der Waals surface area contributed by atoms with Crippen LogP contribution in [-0.2, 0) is 24.2 Å². The maximum atomic E-state index is 12.4. The van der Waals surface area contributed by atoms with Crippen molar-refractivity contribution in [3.05, 3.63) is 87.5 Å². The molecule has 178 valence electrons. The molecule has 0 unspecified atom stereocenters. The standard InChI is InChI=1S/C27H32N4O2S/c1-20-8-10-21(11-9-20)17-31(14-12-22-16-29-24-7-4-3-6-23(22)24)18-26-30-25(19-34-26)27(32)28-13-5-15-33-2/h3-4,6-11,16,19,29H,5,12-15,17-18H2,1-2H3,(H,28,32). The summed E-state index contributed by atoms with van der Waals surface area (Å²) in [7, 11) is 1.66. The number of fused-ring (bicyclic) bond motifs is 1. The monoisotopic (exact) mass is 476 g/mol. The Balaban J connectivity index is 1.43. The molecule has 2 heterocycles. The van der Waals surface area contributed by atoms with Crippen molar-refractivity contribution in [2.75, 3.05) is 26.8 Å². The van der Waals surface area contributed by atoms with Crippen molar-refractivity contribution in [3.63, 3.8) is 0 Å². The van der Waals surface area contributed by atoms with Gasteiger partial charge in [0, 0.05) is 55.8 Å². The Kier molecular flexibility index (Phi) is 8.46. The maximum Gasteiger partial charge on any atom is 0.270 e. The molecule has 7 heteroatoms. The number of methoxy groups -OCH3 is 1. The lowest BCUT2D eigenvalue weighted by molar-refractivity contribution is 0.0944. The van der Waals surface area contributed by atoms with E-state index in [0.717, 1.165) is 30.9 Å². The van der Waals surface area contributed by atoms with E-state index in [1.165, 1.54) is 27.6 Å². The Morgan fingerprint density at radius 3 is 2.79 bits per heavy atom. The van der Waals surface area contributed by atoms with Crippen LogP contribution in [0.25, 0.3) is 10.9 Å². The van der Waals surface area contributed by atoms with Gasteiger partial charge in [-0.15, -0.1) is 11.3 Å². The van der Waals surface area contributed by atoms with Crippen molar-refractivity contribution < 1.29 is 9.53 Å². The van der Waals surface area contributed by atoms with Crippen molar-refractivity contribution in [2.24, 2.45) is 0 Å². The highest BCUT2D eigenvalue weighted by Crippen LogP contribution is 2.20. The first-order chi connectivity index (χ1) is 16.6. The Bertz CT molecular complexity index is 1200. The third-order valence-corrected chi connectivity index (χ3v) is 6.69. The minimum atomic E-state index is -0.123. The number of hydrogen-bond donors (Lipinski definition) is 2. The van der Waals surface area contributed by atoms with Crippen LogP contribution < -0.4 is 5.32 Å². The van der Waals surface area contributed by atoms with Crippen LogP contribution in [0.3, 0.4) is 0 Å². The molecule has 2 aromatic heterocycles. The number of carbonyl (C=O) groups is 1. The van der Waals surface area contributed by atoms with Gasteiger partial charge in [-0.25, -0.2) is 4.98 Å². The lowest BCUT2D eigenvalue weighted by atomic mass is 10.1. The van der Waals surface area contributed by atoms with Crippen molar-refractivity contribution in [1.82, 2.24) is 20.2 Å². The van der Waals surface area contributed by atoms with Crippen LogP contribution in [0.1, 0.15) is 38.6 Å². The summed E-state index contributed by atoms with van der Waals surface area (Å²) >= 11 is 1.54. The zero-order chi connectivity index (χ0) is 23.8. The maximum absolute atomic E-state index is 12.4. The van der Waals surface area contributed by atoms with Crippen LogP contribution in [0.2, 0.25) is 0 Å². The molecule has 0 saturated carbocycles. The van der Waals surface area contributed by atoms with Crippen LogP contribution in [0, 0.1) is 6.92 Å². The van der Waals surface area contributed by atoms with E-state index >= 15 is 0 Å². The van der Waals surface area contributed by atoms with Crippen molar-refractivity contribution in [1.29, 1.82) is 0 Å². The number of carbonyl (C=O) groups excluding carboxylic acids is 1. The number of hydrogen-bond acceptors (Lipinski definition) is 5. The van der Waals surface area contributed by atoms with Gasteiger partial charge in [0.2, 0.25) is 0 Å². The second-order valence-corrected chi connectivity index (χ2v) is 9.48. The normalized spacial score (nSPS) is 11.4. The molecule has 0 spiro atoms. The molecule has 0 aliphatic carbocycles. The number of nitrogens with one attached hydrogen (secondary N) is 2. The molecule has 0 bridgehead atoms. The molecule has 2 N–H and O–H groups in total. The fourth-order valence-electron chi connectivity index (χ4n) is 3.97. The summed E-state index contributed by atoms with van der Waals surface area (Å²) in [5.74, 6) is -0.123. The number of H-pyrrole nitrogens is 1. The molecule has 0 saturated heterocycles. The first kappa shape index (κ1) is 24.1. The smallest absolute Gasteiger partial charge is 0.270 e. The fourth-order valence-corrected chi connectivity index (χ4v) is 4.79. The van der Waals surface area contributed by atoms with E-state index in [1.54, 1.807) is 18.4 Å². The van der Waals surface area contributed by atoms with E-state index in [9.17, 15) is 4.79 Å². The van der Waals surface area contributed by atoms with E-state index in [1.807, 2.05) is 5.38 Å². The van der Waals surface area contributed by atoms with Gasteiger partial charge in [-0.1, -0.05) is 48.0 Å². The molecule has 0 fully saturated rings. The number of ether oxygens (including phenoxy) is 1. The molecule has 1 amide bonds. The van der Waals surface area contributed by atoms with Gasteiger partial charge in [0.15, 0.2) is 0 Å². The number of benzene rings is 2. The van der Waals surface area contributed by atoms with E-state index in [-0.39, 0.29) is 5.91 Å². The number of aromatic amines is 1. The first-order valence-corrected chi connectivity index (χ1v) is 12.5. The summed E-state index contributed by atoms with van der Waals surface area (Å²) < 4.78 is 5.03. The molecule has 0 atom stereocenters. The SMILES string of the molecule is COCCCNC(=O)c1csc(CN(CCc2c[nH]c3ccccc23)Cc2ccc(C)cc2)n1. The molecular weight excluding hydrogens is 444 g/mol. The van der Waals surface area contributed by atoms with Crippen molar-refractivity contribution >= 4 is 28.1 Å². The number of para-hydroxylation sites is 1. The first-order valence-electron chi connectivity index (χ1n) is 11.7. The summed E-state index contributed by atoms with van der Waals surface area (Å²) in [6, 6.07) is 17.1. The fraction of sp³-hybridized carbons (Fsp3) is 0.333. The molecule has 0 radical (unpaired) electrons. The zero-order valence-corrected chi connectivity index (χ0v) is 20.7. The molecule has 4 rings (SSSR count). The van der Waals surface area contributed by atoms with Gasteiger partial charge in [-0.05, 0) is 37.0 Å². The Morgan fingerprint density at radius 2 is 1.97 bits per heavy atom. The average Bonchev–Trinajstić information content (AvgIpc) is 3.49. The second kappa shape index (κ2) is 11.9. The topological polar surface area (TPSA) is 70.2 Å². The van der Waals surface area contributed by atoms with E-state index in [2.05, 4.69) is 81.8 Å². The van der Waals surface area contributed by atoms with Gasteiger partial charge in [0.05, 0.1) is 6.54 Å². The minimum Gasteiger partial charge on any atom is -0.385 e. The lowest BCUT2D eigenvalue weighted by Gasteiger charge is -2.21. The van der Waals surface area contributed by atoms with Crippen LogP contribution >= 0.6 is 11.3 Å². The minimum absolute atomic E-state index is 0.123.